The van der Waals surface area contributed by atoms with E-state index < -0.39 is 11.7 Å². The molecule has 7 heteroatoms. The lowest BCUT2D eigenvalue weighted by Gasteiger charge is -2.33. The minimum atomic E-state index is -4.31. The topological polar surface area (TPSA) is 18.5 Å². The van der Waals surface area contributed by atoms with Crippen molar-refractivity contribution in [2.45, 2.75) is 35.7 Å². The zero-order valence-electron chi connectivity index (χ0n) is 16.9. The summed E-state index contributed by atoms with van der Waals surface area (Å²) in [5.74, 6) is 0. The van der Waals surface area contributed by atoms with Gasteiger partial charge < -0.3 is 15.1 Å². The van der Waals surface area contributed by atoms with E-state index in [9.17, 15) is 13.2 Å². The van der Waals surface area contributed by atoms with Crippen LogP contribution in [-0.4, -0.2) is 44.7 Å². The Labute approximate surface area is 175 Å². The minimum Gasteiger partial charge on any atom is -0.340 e. The number of alkyl halides is 3. The molecule has 4 rings (SSSR count). The van der Waals surface area contributed by atoms with Crippen molar-refractivity contribution in [2.24, 2.45) is 0 Å². The average molecular weight is 424 g/mol. The number of rotatable bonds is 2. The molecule has 1 N–H and O–H groups in total. The first-order chi connectivity index (χ1) is 13.9. The third-order valence-electron chi connectivity index (χ3n) is 4.96. The van der Waals surface area contributed by atoms with E-state index in [2.05, 4.69) is 17.3 Å². The highest BCUT2D eigenvalue weighted by molar-refractivity contribution is 7.99. The van der Waals surface area contributed by atoms with E-state index in [1.807, 2.05) is 36.1 Å². The van der Waals surface area contributed by atoms with Gasteiger partial charge in [0, 0.05) is 29.4 Å². The molecule has 2 aromatic rings. The first-order valence-electron chi connectivity index (χ1n) is 10.0. The predicted molar refractivity (Wildman–Crippen MR) is 114 cm³/mol. The van der Waals surface area contributed by atoms with Gasteiger partial charge in [0.1, 0.15) is 0 Å². The molecule has 2 aromatic carbocycles. The van der Waals surface area contributed by atoms with Crippen molar-refractivity contribution >= 4 is 23.1 Å². The molecule has 0 radical (unpaired) electrons. The maximum absolute atomic E-state index is 12.9. The quantitative estimate of drug-likeness (QED) is 0.675. The molecule has 0 spiro atoms. The summed E-state index contributed by atoms with van der Waals surface area (Å²) in [6, 6.07) is 11.8. The highest BCUT2D eigenvalue weighted by atomic mass is 32.2. The van der Waals surface area contributed by atoms with Crippen molar-refractivity contribution in [2.75, 3.05) is 44.7 Å². The number of para-hydroxylation sites is 1. The summed E-state index contributed by atoms with van der Waals surface area (Å²) in [6.45, 7) is 7.55. The van der Waals surface area contributed by atoms with Gasteiger partial charge in [0.2, 0.25) is 0 Å². The highest BCUT2D eigenvalue weighted by Crippen LogP contribution is 2.49. The van der Waals surface area contributed by atoms with Crippen LogP contribution in [0, 0.1) is 0 Å². The zero-order valence-corrected chi connectivity index (χ0v) is 17.7. The maximum Gasteiger partial charge on any atom is 0.416 e. The van der Waals surface area contributed by atoms with Crippen molar-refractivity contribution in [3.05, 3.63) is 48.0 Å². The molecule has 1 fully saturated rings. The van der Waals surface area contributed by atoms with Crippen LogP contribution >= 0.6 is 11.8 Å². The summed E-state index contributed by atoms with van der Waals surface area (Å²) >= 11 is 1.52. The molecule has 2 aliphatic rings. The van der Waals surface area contributed by atoms with Crippen LogP contribution in [0.3, 0.4) is 0 Å². The molecule has 0 amide bonds. The molecule has 0 aliphatic carbocycles. The van der Waals surface area contributed by atoms with Crippen LogP contribution in [0.25, 0.3) is 0 Å². The van der Waals surface area contributed by atoms with Gasteiger partial charge in [-0.3, -0.25) is 0 Å². The number of nitrogens with zero attached hydrogens (tertiary/aromatic N) is 2. The molecule has 3 nitrogen and oxygen atoms in total. The first kappa shape index (κ1) is 22.0. The summed E-state index contributed by atoms with van der Waals surface area (Å²) in [7, 11) is 2.17. The second-order valence-corrected chi connectivity index (χ2v) is 8.39. The van der Waals surface area contributed by atoms with E-state index in [1.165, 1.54) is 43.9 Å². The number of halogens is 3. The SMILES string of the molecule is CCCN1c2ccccc2Sc2ccc(C(F)(F)F)cc21.CN1CCCNCC1. The van der Waals surface area contributed by atoms with Gasteiger partial charge in [-0.05, 0) is 63.3 Å². The number of benzene rings is 2. The molecule has 2 heterocycles. The van der Waals surface area contributed by atoms with E-state index in [0.717, 1.165) is 34.5 Å². The minimum absolute atomic E-state index is 0.595. The van der Waals surface area contributed by atoms with Crippen molar-refractivity contribution in [1.29, 1.82) is 0 Å². The van der Waals surface area contributed by atoms with E-state index in [1.54, 1.807) is 6.07 Å². The fraction of sp³-hybridized carbons (Fsp3) is 0.455. The normalized spacial score (nSPS) is 16.9. The van der Waals surface area contributed by atoms with Crippen molar-refractivity contribution in [1.82, 2.24) is 10.2 Å². The van der Waals surface area contributed by atoms with E-state index in [4.69, 9.17) is 0 Å². The summed E-state index contributed by atoms with van der Waals surface area (Å²) in [5, 5.41) is 3.34. The Hall–Kier alpha value is -1.70. The molecular weight excluding hydrogens is 395 g/mol. The second kappa shape index (κ2) is 9.87. The van der Waals surface area contributed by atoms with Crippen LogP contribution in [0.4, 0.5) is 24.5 Å². The molecule has 2 aliphatic heterocycles. The van der Waals surface area contributed by atoms with Gasteiger partial charge >= 0.3 is 6.18 Å². The number of likely N-dealkylation sites (N-methyl/N-ethyl adjacent to an activating group) is 1. The monoisotopic (exact) mass is 423 g/mol. The highest BCUT2D eigenvalue weighted by Gasteiger charge is 2.33. The van der Waals surface area contributed by atoms with Crippen molar-refractivity contribution < 1.29 is 13.2 Å². The lowest BCUT2D eigenvalue weighted by atomic mass is 10.1. The maximum atomic E-state index is 12.9. The molecule has 0 atom stereocenters. The van der Waals surface area contributed by atoms with Gasteiger partial charge in [-0.2, -0.15) is 13.2 Å². The summed E-state index contributed by atoms with van der Waals surface area (Å²) < 4.78 is 38.8. The number of anilines is 2. The van der Waals surface area contributed by atoms with Gasteiger partial charge in [-0.15, -0.1) is 0 Å². The Morgan fingerprint density at radius 3 is 2.52 bits per heavy atom. The standard InChI is InChI=1S/C16H14F3NS.C6H14N2/c1-2-9-20-12-5-3-4-6-14(12)21-15-8-7-11(10-13(15)20)16(17,18)19;1-8-5-2-3-7-4-6-8/h3-8,10H,2,9H2,1H3;7H,2-6H2,1H3. The Bertz CT molecular complexity index is 802. The van der Waals surface area contributed by atoms with E-state index >= 15 is 0 Å². The molecular formula is C22H28F3N3S. The largest absolute Gasteiger partial charge is 0.416 e. The van der Waals surface area contributed by atoms with Crippen LogP contribution < -0.4 is 10.2 Å². The van der Waals surface area contributed by atoms with Gasteiger partial charge in [0.15, 0.2) is 0 Å². The molecule has 0 unspecified atom stereocenters. The van der Waals surface area contributed by atoms with E-state index in [0.29, 0.717) is 12.2 Å². The smallest absolute Gasteiger partial charge is 0.340 e. The Morgan fingerprint density at radius 1 is 1.00 bits per heavy atom. The van der Waals surface area contributed by atoms with Crippen LogP contribution in [0.1, 0.15) is 25.3 Å². The molecule has 1 saturated heterocycles. The van der Waals surface area contributed by atoms with Crippen molar-refractivity contribution in [3.8, 4) is 0 Å². The Kier molecular flexibility index (Phi) is 7.49. The third kappa shape index (κ3) is 5.68. The summed E-state index contributed by atoms with van der Waals surface area (Å²) in [5.41, 5.74) is 1.04. The average Bonchev–Trinajstić information content (AvgIpc) is 2.95. The molecule has 0 aromatic heterocycles. The van der Waals surface area contributed by atoms with Crippen molar-refractivity contribution in [3.63, 3.8) is 0 Å². The Morgan fingerprint density at radius 2 is 1.76 bits per heavy atom. The fourth-order valence-corrected chi connectivity index (χ4v) is 4.53. The molecule has 29 heavy (non-hydrogen) atoms. The van der Waals surface area contributed by atoms with E-state index in [-0.39, 0.29) is 0 Å². The zero-order chi connectivity index (χ0) is 20.9. The number of hydrogen-bond acceptors (Lipinski definition) is 4. The van der Waals surface area contributed by atoms with Gasteiger partial charge in [0.25, 0.3) is 0 Å². The molecule has 158 valence electrons. The number of hydrogen-bond donors (Lipinski definition) is 1. The Balaban J connectivity index is 0.000000252. The van der Waals surface area contributed by atoms with Gasteiger partial charge in [-0.1, -0.05) is 30.8 Å². The first-order valence-corrected chi connectivity index (χ1v) is 10.9. The van der Waals surface area contributed by atoms with Gasteiger partial charge in [0.05, 0.1) is 16.9 Å². The van der Waals surface area contributed by atoms with Gasteiger partial charge in [-0.25, -0.2) is 0 Å². The lowest BCUT2D eigenvalue weighted by molar-refractivity contribution is -0.137. The lowest BCUT2D eigenvalue weighted by Crippen LogP contribution is -2.23. The van der Waals surface area contributed by atoms with Crippen LogP contribution in [0.15, 0.2) is 52.3 Å². The predicted octanol–water partition coefficient (Wildman–Crippen LogP) is 5.63. The summed E-state index contributed by atoms with van der Waals surface area (Å²) in [4.78, 5) is 6.30. The number of fused-ring (bicyclic) bond motifs is 2. The summed E-state index contributed by atoms with van der Waals surface area (Å²) in [6.07, 6.45) is -2.14. The second-order valence-electron chi connectivity index (χ2n) is 7.31. The van der Waals surface area contributed by atoms with Crippen LogP contribution in [-0.2, 0) is 6.18 Å². The van der Waals surface area contributed by atoms with Crippen LogP contribution in [0.5, 0.6) is 0 Å². The third-order valence-corrected chi connectivity index (χ3v) is 6.09. The number of nitrogens with one attached hydrogen (secondary N) is 1. The molecule has 0 saturated carbocycles. The molecule has 0 bridgehead atoms. The van der Waals surface area contributed by atoms with Crippen LogP contribution in [0.2, 0.25) is 0 Å². The fourth-order valence-electron chi connectivity index (χ4n) is 3.45.